The molecule has 1 amide bonds. The number of hydrogen-bond acceptors (Lipinski definition) is 4. The van der Waals surface area contributed by atoms with Crippen molar-refractivity contribution >= 4 is 27.3 Å². The molecule has 0 saturated carbocycles. The van der Waals surface area contributed by atoms with Crippen LogP contribution < -0.4 is 14.4 Å². The molecule has 0 aliphatic heterocycles. The number of hydrogen-bond donors (Lipinski definition) is 1. The highest BCUT2D eigenvalue weighted by Gasteiger charge is 2.13. The van der Waals surface area contributed by atoms with Crippen LogP contribution in [0.4, 0.5) is 11.4 Å². The second kappa shape index (κ2) is 6.70. The normalized spacial score (nSPS) is 10.9. The van der Waals surface area contributed by atoms with Crippen LogP contribution in [0.3, 0.4) is 0 Å². The van der Waals surface area contributed by atoms with Gasteiger partial charge in [0.15, 0.2) is 0 Å². The lowest BCUT2D eigenvalue weighted by atomic mass is 10.2. The van der Waals surface area contributed by atoms with Crippen molar-refractivity contribution in [1.82, 2.24) is 0 Å². The van der Waals surface area contributed by atoms with Gasteiger partial charge in [-0.05, 0) is 48.5 Å². The Kier molecular flexibility index (Phi) is 4.90. The van der Waals surface area contributed by atoms with Crippen LogP contribution in [0.15, 0.2) is 48.5 Å². The zero-order valence-corrected chi connectivity index (χ0v) is 13.9. The summed E-state index contributed by atoms with van der Waals surface area (Å²) in [6.07, 6.45) is 1.12. The monoisotopic (exact) mass is 334 g/mol. The van der Waals surface area contributed by atoms with Gasteiger partial charge in [-0.15, -0.1) is 0 Å². The van der Waals surface area contributed by atoms with Crippen LogP contribution >= 0.6 is 0 Å². The lowest BCUT2D eigenvalue weighted by molar-refractivity contribution is 0.102. The fourth-order valence-corrected chi connectivity index (χ4v) is 2.40. The van der Waals surface area contributed by atoms with E-state index in [2.05, 4.69) is 5.32 Å². The summed E-state index contributed by atoms with van der Waals surface area (Å²) in [5, 5.41) is 2.76. The third-order valence-corrected chi connectivity index (χ3v) is 4.54. The molecule has 0 heterocycles. The summed E-state index contributed by atoms with van der Waals surface area (Å²) in [6, 6.07) is 13.3. The van der Waals surface area contributed by atoms with Crippen LogP contribution in [0, 0.1) is 0 Å². The van der Waals surface area contributed by atoms with Gasteiger partial charge in [0.25, 0.3) is 5.91 Å². The van der Waals surface area contributed by atoms with Crippen molar-refractivity contribution in [3.05, 3.63) is 54.1 Å². The maximum Gasteiger partial charge on any atom is 0.255 e. The zero-order valence-electron chi connectivity index (χ0n) is 13.1. The Morgan fingerprint density at radius 2 is 1.61 bits per heavy atom. The Labute approximate surface area is 135 Å². The molecule has 7 heteroatoms. The smallest absolute Gasteiger partial charge is 0.255 e. The first-order chi connectivity index (χ1) is 10.8. The minimum Gasteiger partial charge on any atom is -0.497 e. The molecule has 0 radical (unpaired) electrons. The van der Waals surface area contributed by atoms with Crippen molar-refractivity contribution in [2.24, 2.45) is 0 Å². The molecule has 0 fully saturated rings. The SMILES string of the molecule is COc1ccc(NC(=O)c2ccc(N(C)S(C)(=O)=O)cc2)cc1. The number of carbonyl (C=O) groups excluding carboxylic acids is 1. The minimum atomic E-state index is -3.32. The Balaban J connectivity index is 2.10. The van der Waals surface area contributed by atoms with Gasteiger partial charge in [-0.25, -0.2) is 8.42 Å². The second-order valence-electron chi connectivity index (χ2n) is 4.96. The van der Waals surface area contributed by atoms with E-state index in [4.69, 9.17) is 4.74 Å². The second-order valence-corrected chi connectivity index (χ2v) is 6.97. The van der Waals surface area contributed by atoms with E-state index in [-0.39, 0.29) is 5.91 Å². The van der Waals surface area contributed by atoms with Gasteiger partial charge in [0.2, 0.25) is 10.0 Å². The maximum absolute atomic E-state index is 12.2. The molecule has 2 rings (SSSR count). The number of anilines is 2. The number of benzene rings is 2. The Bertz CT molecular complexity index is 784. The van der Waals surface area contributed by atoms with Gasteiger partial charge >= 0.3 is 0 Å². The summed E-state index contributed by atoms with van der Waals surface area (Å²) in [5.74, 6) is 0.430. The summed E-state index contributed by atoms with van der Waals surface area (Å²) in [4.78, 5) is 12.2. The summed E-state index contributed by atoms with van der Waals surface area (Å²) in [5.41, 5.74) is 1.58. The number of ether oxygens (including phenoxy) is 1. The predicted molar refractivity (Wildman–Crippen MR) is 90.6 cm³/mol. The molecule has 0 aliphatic carbocycles. The van der Waals surface area contributed by atoms with E-state index < -0.39 is 10.0 Å². The highest BCUT2D eigenvalue weighted by Crippen LogP contribution is 2.18. The van der Waals surface area contributed by atoms with E-state index in [9.17, 15) is 13.2 Å². The Morgan fingerprint density at radius 1 is 1.04 bits per heavy atom. The van der Waals surface area contributed by atoms with Crippen molar-refractivity contribution in [3.8, 4) is 5.75 Å². The van der Waals surface area contributed by atoms with Crippen LogP contribution in [0.2, 0.25) is 0 Å². The summed E-state index contributed by atoms with van der Waals surface area (Å²) in [7, 11) is -0.291. The molecule has 6 nitrogen and oxygen atoms in total. The molecule has 122 valence electrons. The van der Waals surface area contributed by atoms with Gasteiger partial charge in [-0.1, -0.05) is 0 Å². The predicted octanol–water partition coefficient (Wildman–Crippen LogP) is 2.34. The molecule has 0 spiro atoms. The molecular formula is C16H18N2O4S. The van der Waals surface area contributed by atoms with Crippen LogP contribution in [0.25, 0.3) is 0 Å². The molecule has 0 aliphatic rings. The first kappa shape index (κ1) is 16.8. The average molecular weight is 334 g/mol. The molecule has 1 N–H and O–H groups in total. The maximum atomic E-state index is 12.2. The van der Waals surface area contributed by atoms with Crippen molar-refractivity contribution in [3.63, 3.8) is 0 Å². The van der Waals surface area contributed by atoms with Gasteiger partial charge in [-0.3, -0.25) is 9.10 Å². The van der Waals surface area contributed by atoms with E-state index in [1.807, 2.05) is 0 Å². The molecule has 0 atom stereocenters. The quantitative estimate of drug-likeness (QED) is 0.910. The molecule has 0 aromatic heterocycles. The standard InChI is InChI=1S/C16H18N2O4S/c1-18(23(3,20)21)14-8-4-12(5-9-14)16(19)17-13-6-10-15(22-2)11-7-13/h4-11H,1-3H3,(H,17,19). The van der Waals surface area contributed by atoms with E-state index in [0.717, 1.165) is 10.6 Å². The molecular weight excluding hydrogens is 316 g/mol. The van der Waals surface area contributed by atoms with Crippen molar-refractivity contribution < 1.29 is 17.9 Å². The third-order valence-electron chi connectivity index (χ3n) is 3.34. The van der Waals surface area contributed by atoms with Crippen molar-refractivity contribution in [2.75, 3.05) is 30.0 Å². The lowest BCUT2D eigenvalue weighted by Crippen LogP contribution is -2.24. The fourth-order valence-electron chi connectivity index (χ4n) is 1.89. The molecule has 0 saturated heterocycles. The number of carbonyl (C=O) groups is 1. The van der Waals surface area contributed by atoms with E-state index >= 15 is 0 Å². The largest absolute Gasteiger partial charge is 0.497 e. The summed E-state index contributed by atoms with van der Waals surface area (Å²) >= 11 is 0. The highest BCUT2D eigenvalue weighted by atomic mass is 32.2. The Hall–Kier alpha value is -2.54. The number of sulfonamides is 1. The number of nitrogens with one attached hydrogen (secondary N) is 1. The number of methoxy groups -OCH3 is 1. The van der Waals surface area contributed by atoms with Gasteiger partial charge in [0, 0.05) is 18.3 Å². The van der Waals surface area contributed by atoms with Crippen molar-refractivity contribution in [2.45, 2.75) is 0 Å². The van der Waals surface area contributed by atoms with Crippen LogP contribution in [-0.2, 0) is 10.0 Å². The van der Waals surface area contributed by atoms with Crippen LogP contribution in [0.1, 0.15) is 10.4 Å². The first-order valence-corrected chi connectivity index (χ1v) is 8.65. The number of amides is 1. The van der Waals surface area contributed by atoms with Gasteiger partial charge in [0.1, 0.15) is 5.75 Å². The highest BCUT2D eigenvalue weighted by molar-refractivity contribution is 7.92. The molecule has 2 aromatic carbocycles. The summed E-state index contributed by atoms with van der Waals surface area (Å²) in [6.45, 7) is 0. The molecule has 0 bridgehead atoms. The van der Waals surface area contributed by atoms with E-state index in [1.165, 1.54) is 7.05 Å². The van der Waals surface area contributed by atoms with Crippen molar-refractivity contribution in [1.29, 1.82) is 0 Å². The zero-order chi connectivity index (χ0) is 17.0. The average Bonchev–Trinajstić information content (AvgIpc) is 2.54. The molecule has 23 heavy (non-hydrogen) atoms. The first-order valence-electron chi connectivity index (χ1n) is 6.80. The van der Waals surface area contributed by atoms with Crippen LogP contribution in [0.5, 0.6) is 5.75 Å². The third kappa shape index (κ3) is 4.23. The van der Waals surface area contributed by atoms with E-state index in [1.54, 1.807) is 55.6 Å². The molecule has 2 aromatic rings. The fraction of sp³-hybridized carbons (Fsp3) is 0.188. The number of nitrogens with zero attached hydrogens (tertiary/aromatic N) is 1. The molecule has 0 unspecified atom stereocenters. The van der Waals surface area contributed by atoms with Crippen LogP contribution in [-0.4, -0.2) is 34.7 Å². The Morgan fingerprint density at radius 3 is 2.09 bits per heavy atom. The summed E-state index contributed by atoms with van der Waals surface area (Å²) < 4.78 is 29.2. The number of rotatable bonds is 5. The lowest BCUT2D eigenvalue weighted by Gasteiger charge is -2.16. The minimum absolute atomic E-state index is 0.274. The van der Waals surface area contributed by atoms with Gasteiger partial charge < -0.3 is 10.1 Å². The van der Waals surface area contributed by atoms with E-state index in [0.29, 0.717) is 22.7 Å². The topological polar surface area (TPSA) is 75.7 Å². The van der Waals surface area contributed by atoms with Gasteiger partial charge in [0.05, 0.1) is 19.1 Å². The van der Waals surface area contributed by atoms with Gasteiger partial charge in [-0.2, -0.15) is 0 Å².